The van der Waals surface area contributed by atoms with E-state index in [0.717, 1.165) is 16.8 Å². The molecule has 0 aliphatic heterocycles. The zero-order valence-corrected chi connectivity index (χ0v) is 14.4. The van der Waals surface area contributed by atoms with Crippen LogP contribution < -0.4 is 10.2 Å². The van der Waals surface area contributed by atoms with Crippen molar-refractivity contribution >= 4 is 12.0 Å². The maximum Gasteiger partial charge on any atom is 0.164 e. The van der Waals surface area contributed by atoms with E-state index in [9.17, 15) is 10.4 Å². The van der Waals surface area contributed by atoms with Crippen molar-refractivity contribution in [3.63, 3.8) is 0 Å². The molecule has 2 aromatic rings. The van der Waals surface area contributed by atoms with Crippen LogP contribution in [0.1, 0.15) is 29.3 Å². The lowest BCUT2D eigenvalue weighted by molar-refractivity contribution is 0.184. The lowest BCUT2D eigenvalue weighted by atomic mass is 10.1. The number of anilines is 1. The van der Waals surface area contributed by atoms with Gasteiger partial charge in [0.25, 0.3) is 0 Å². The number of pyridine rings is 1. The summed E-state index contributed by atoms with van der Waals surface area (Å²) >= 11 is 0. The van der Waals surface area contributed by atoms with Crippen molar-refractivity contribution in [2.24, 2.45) is 5.10 Å². The van der Waals surface area contributed by atoms with Gasteiger partial charge in [0.1, 0.15) is 11.6 Å². The second kappa shape index (κ2) is 8.66. The fourth-order valence-corrected chi connectivity index (χ4v) is 2.27. The molecule has 0 amide bonds. The van der Waals surface area contributed by atoms with Crippen LogP contribution in [-0.2, 0) is 11.3 Å². The molecule has 0 unspecified atom stereocenters. The summed E-state index contributed by atoms with van der Waals surface area (Å²) < 4.78 is 10.5. The summed E-state index contributed by atoms with van der Waals surface area (Å²) in [7, 11) is 1.57. The number of rotatable bonds is 7. The number of aryl methyl sites for hydroxylation is 1. The number of ether oxygens (including phenoxy) is 2. The molecule has 0 saturated carbocycles. The van der Waals surface area contributed by atoms with Gasteiger partial charge in [0.15, 0.2) is 17.3 Å². The summed E-state index contributed by atoms with van der Waals surface area (Å²) in [4.78, 5) is 4.31. The standard InChI is InChI=1S/C18H20N4O3/c1-4-25-17-8-13(5-6-16(17)23)10-20-22-18-15(9-19)14(11-24-3)7-12(2)21-18/h5-8,10,23H,4,11H2,1-3H3,(H,21,22). The summed E-state index contributed by atoms with van der Waals surface area (Å²) in [5.74, 6) is 0.832. The van der Waals surface area contributed by atoms with Crippen molar-refractivity contribution < 1.29 is 14.6 Å². The number of nitrogens with one attached hydrogen (secondary N) is 1. The molecule has 0 fully saturated rings. The molecule has 2 rings (SSSR count). The molecule has 0 atom stereocenters. The topological polar surface area (TPSA) is 99.8 Å². The van der Waals surface area contributed by atoms with Gasteiger partial charge in [-0.3, -0.25) is 5.43 Å². The van der Waals surface area contributed by atoms with Crippen LogP contribution in [-0.4, -0.2) is 30.0 Å². The second-order valence-electron chi connectivity index (χ2n) is 5.22. The van der Waals surface area contributed by atoms with Gasteiger partial charge in [-0.05, 0) is 43.7 Å². The first kappa shape index (κ1) is 18.2. The van der Waals surface area contributed by atoms with E-state index in [1.807, 2.05) is 19.9 Å². The number of hydrogen-bond donors (Lipinski definition) is 2. The molecule has 25 heavy (non-hydrogen) atoms. The lowest BCUT2D eigenvalue weighted by Gasteiger charge is -2.09. The molecular weight excluding hydrogens is 320 g/mol. The number of benzene rings is 1. The predicted molar refractivity (Wildman–Crippen MR) is 94.9 cm³/mol. The third-order valence-electron chi connectivity index (χ3n) is 3.31. The van der Waals surface area contributed by atoms with E-state index >= 15 is 0 Å². The van der Waals surface area contributed by atoms with Crippen molar-refractivity contribution in [1.82, 2.24) is 4.98 Å². The lowest BCUT2D eigenvalue weighted by Crippen LogP contribution is -2.03. The molecule has 7 nitrogen and oxygen atoms in total. The molecule has 0 bridgehead atoms. The molecule has 0 saturated heterocycles. The number of hydrogen-bond acceptors (Lipinski definition) is 7. The van der Waals surface area contributed by atoms with E-state index in [1.165, 1.54) is 6.07 Å². The summed E-state index contributed by atoms with van der Waals surface area (Å²) in [5.41, 5.74) is 5.43. The molecule has 130 valence electrons. The number of nitrogens with zero attached hydrogens (tertiary/aromatic N) is 3. The molecule has 0 aliphatic carbocycles. The van der Waals surface area contributed by atoms with Crippen molar-refractivity contribution in [2.45, 2.75) is 20.5 Å². The van der Waals surface area contributed by atoms with Gasteiger partial charge in [0, 0.05) is 18.4 Å². The highest BCUT2D eigenvalue weighted by Gasteiger charge is 2.10. The molecule has 0 radical (unpaired) electrons. The second-order valence-corrected chi connectivity index (χ2v) is 5.22. The smallest absolute Gasteiger partial charge is 0.164 e. The van der Waals surface area contributed by atoms with Crippen molar-refractivity contribution in [1.29, 1.82) is 5.26 Å². The summed E-state index contributed by atoms with van der Waals surface area (Å²) in [5, 5.41) is 23.2. The SMILES string of the molecule is CCOc1cc(C=NNc2nc(C)cc(COC)c2C#N)ccc1O. The number of aromatic nitrogens is 1. The van der Waals surface area contributed by atoms with E-state index in [2.05, 4.69) is 21.6 Å². The van der Waals surface area contributed by atoms with Crippen LogP contribution in [0.5, 0.6) is 11.5 Å². The molecule has 7 heteroatoms. The van der Waals surface area contributed by atoms with Crippen molar-refractivity contribution in [3.8, 4) is 17.6 Å². The summed E-state index contributed by atoms with van der Waals surface area (Å²) in [6.45, 7) is 4.45. The van der Waals surface area contributed by atoms with Crippen LogP contribution in [0.25, 0.3) is 0 Å². The monoisotopic (exact) mass is 340 g/mol. The minimum atomic E-state index is 0.0725. The fraction of sp³-hybridized carbons (Fsp3) is 0.278. The Labute approximate surface area is 146 Å². The van der Waals surface area contributed by atoms with Gasteiger partial charge in [0.05, 0.1) is 19.4 Å². The first-order valence-corrected chi connectivity index (χ1v) is 7.73. The maximum atomic E-state index is 9.71. The van der Waals surface area contributed by atoms with Gasteiger partial charge >= 0.3 is 0 Å². The van der Waals surface area contributed by atoms with Crippen molar-refractivity contribution in [2.75, 3.05) is 19.1 Å². The molecule has 2 N–H and O–H groups in total. The highest BCUT2D eigenvalue weighted by atomic mass is 16.5. The van der Waals surface area contributed by atoms with Gasteiger partial charge in [-0.15, -0.1) is 0 Å². The van der Waals surface area contributed by atoms with E-state index in [4.69, 9.17) is 9.47 Å². The highest BCUT2D eigenvalue weighted by molar-refractivity contribution is 5.81. The van der Waals surface area contributed by atoms with Gasteiger partial charge < -0.3 is 14.6 Å². The highest BCUT2D eigenvalue weighted by Crippen LogP contribution is 2.26. The van der Waals surface area contributed by atoms with Crippen LogP contribution in [0.2, 0.25) is 0 Å². The van der Waals surface area contributed by atoms with Crippen LogP contribution >= 0.6 is 0 Å². The minimum Gasteiger partial charge on any atom is -0.504 e. The number of phenolic OH excluding ortho intramolecular Hbond substituents is 1. The predicted octanol–water partition coefficient (Wildman–Crippen LogP) is 2.96. The Kier molecular flexibility index (Phi) is 6.32. The molecule has 1 aromatic carbocycles. The van der Waals surface area contributed by atoms with Gasteiger partial charge in [-0.2, -0.15) is 10.4 Å². The quantitative estimate of drug-likeness (QED) is 0.594. The van der Waals surface area contributed by atoms with Crippen LogP contribution in [0.15, 0.2) is 29.4 Å². The van der Waals surface area contributed by atoms with Gasteiger partial charge in [0.2, 0.25) is 0 Å². The van der Waals surface area contributed by atoms with E-state index < -0.39 is 0 Å². The minimum absolute atomic E-state index is 0.0725. The first-order valence-electron chi connectivity index (χ1n) is 7.73. The molecule has 0 aliphatic rings. The number of hydrazone groups is 1. The Hall–Kier alpha value is -3.11. The Morgan fingerprint density at radius 2 is 2.20 bits per heavy atom. The Bertz CT molecular complexity index is 813. The Morgan fingerprint density at radius 3 is 2.88 bits per heavy atom. The molecular formula is C18H20N4O3. The zero-order chi connectivity index (χ0) is 18.2. The van der Waals surface area contributed by atoms with E-state index in [0.29, 0.717) is 30.3 Å². The zero-order valence-electron chi connectivity index (χ0n) is 14.4. The van der Waals surface area contributed by atoms with Crippen LogP contribution in [0.3, 0.4) is 0 Å². The van der Waals surface area contributed by atoms with E-state index in [1.54, 1.807) is 25.5 Å². The van der Waals surface area contributed by atoms with Gasteiger partial charge in [-0.1, -0.05) is 0 Å². The fourth-order valence-electron chi connectivity index (χ4n) is 2.27. The van der Waals surface area contributed by atoms with Gasteiger partial charge in [-0.25, -0.2) is 4.98 Å². The normalized spacial score (nSPS) is 10.6. The maximum absolute atomic E-state index is 9.71. The average Bonchev–Trinajstić information content (AvgIpc) is 2.58. The van der Waals surface area contributed by atoms with Crippen molar-refractivity contribution in [3.05, 3.63) is 46.6 Å². The number of phenols is 1. The first-order chi connectivity index (χ1) is 12.1. The molecule has 1 heterocycles. The average molecular weight is 340 g/mol. The van der Waals surface area contributed by atoms with E-state index in [-0.39, 0.29) is 5.75 Å². The van der Waals surface area contributed by atoms with Crippen LogP contribution in [0.4, 0.5) is 5.82 Å². The summed E-state index contributed by atoms with van der Waals surface area (Å²) in [6.07, 6.45) is 1.56. The Balaban J connectivity index is 2.22. The molecule has 1 aromatic heterocycles. The van der Waals surface area contributed by atoms with Crippen LogP contribution in [0, 0.1) is 18.3 Å². The molecule has 0 spiro atoms. The third-order valence-corrected chi connectivity index (χ3v) is 3.31. The Morgan fingerprint density at radius 1 is 1.40 bits per heavy atom. The summed E-state index contributed by atoms with van der Waals surface area (Å²) in [6, 6.07) is 8.85. The number of aromatic hydroxyl groups is 1. The third kappa shape index (κ3) is 4.68. The largest absolute Gasteiger partial charge is 0.504 e. The number of methoxy groups -OCH3 is 1. The number of nitriles is 1.